The molecular weight excluding hydrogens is 176 g/mol. The van der Waals surface area contributed by atoms with Crippen molar-refractivity contribution < 1.29 is 9.47 Å². The molecule has 0 aliphatic carbocycles. The monoisotopic (exact) mass is 200 g/mol. The number of unbranched alkanes of at least 4 members (excludes halogenated alkanes) is 3. The summed E-state index contributed by atoms with van der Waals surface area (Å²) in [7, 11) is 0. The highest BCUT2D eigenvalue weighted by Gasteiger charge is 2.31. The van der Waals surface area contributed by atoms with Crippen molar-refractivity contribution >= 4 is 0 Å². The number of ether oxygens (including phenoxy) is 2. The number of rotatable bonds is 6. The fraction of sp³-hybridized carbons (Fsp3) is 1.00. The average Bonchev–Trinajstić information content (AvgIpc) is 2.26. The molecule has 0 aromatic rings. The molecule has 0 amide bonds. The van der Waals surface area contributed by atoms with Crippen molar-refractivity contribution in [3.05, 3.63) is 0 Å². The van der Waals surface area contributed by atoms with Gasteiger partial charge in [0.05, 0.1) is 13.2 Å². The Bertz CT molecular complexity index is 139. The second-order valence-corrected chi connectivity index (χ2v) is 4.13. The second-order valence-electron chi connectivity index (χ2n) is 4.13. The summed E-state index contributed by atoms with van der Waals surface area (Å²) in [5.74, 6) is -0.230. The Morgan fingerprint density at radius 3 is 2.29 bits per heavy atom. The topological polar surface area (TPSA) is 18.5 Å². The van der Waals surface area contributed by atoms with Crippen LogP contribution in [0.25, 0.3) is 0 Å². The van der Waals surface area contributed by atoms with Crippen LogP contribution in [0.4, 0.5) is 0 Å². The van der Waals surface area contributed by atoms with Gasteiger partial charge in [-0.25, -0.2) is 0 Å². The molecular formula is C12H24O2. The molecule has 0 spiro atoms. The first kappa shape index (κ1) is 12.0. The molecule has 1 saturated heterocycles. The van der Waals surface area contributed by atoms with Gasteiger partial charge >= 0.3 is 0 Å². The van der Waals surface area contributed by atoms with Crippen LogP contribution in [-0.4, -0.2) is 19.0 Å². The van der Waals surface area contributed by atoms with Crippen LogP contribution in [0.1, 0.15) is 58.8 Å². The molecule has 1 fully saturated rings. The molecule has 1 aliphatic heterocycles. The third-order valence-corrected chi connectivity index (χ3v) is 2.97. The smallest absolute Gasteiger partial charge is 0.168 e. The minimum Gasteiger partial charge on any atom is -0.350 e. The van der Waals surface area contributed by atoms with Crippen molar-refractivity contribution in [3.63, 3.8) is 0 Å². The van der Waals surface area contributed by atoms with Crippen LogP contribution in [0.15, 0.2) is 0 Å². The lowest BCUT2D eigenvalue weighted by Crippen LogP contribution is -2.39. The van der Waals surface area contributed by atoms with Gasteiger partial charge < -0.3 is 9.47 Å². The molecule has 0 bridgehead atoms. The molecule has 14 heavy (non-hydrogen) atoms. The Hall–Kier alpha value is -0.0800. The van der Waals surface area contributed by atoms with Crippen molar-refractivity contribution in [1.29, 1.82) is 0 Å². The van der Waals surface area contributed by atoms with Crippen molar-refractivity contribution in [2.45, 2.75) is 64.6 Å². The van der Waals surface area contributed by atoms with Gasteiger partial charge in [0, 0.05) is 6.42 Å². The van der Waals surface area contributed by atoms with Gasteiger partial charge in [0.2, 0.25) is 0 Å². The predicted octanol–water partition coefficient (Wildman–Crippen LogP) is 3.50. The normalized spacial score (nSPS) is 21.0. The average molecular weight is 200 g/mol. The SMILES string of the molecule is CCCCCCC1(CC)OCCCO1. The summed E-state index contributed by atoms with van der Waals surface area (Å²) in [6.07, 6.45) is 8.28. The lowest BCUT2D eigenvalue weighted by Gasteiger charge is -2.36. The van der Waals surface area contributed by atoms with Crippen LogP contribution in [0.3, 0.4) is 0 Å². The van der Waals surface area contributed by atoms with E-state index in [-0.39, 0.29) is 5.79 Å². The lowest BCUT2D eigenvalue weighted by molar-refractivity contribution is -0.271. The first-order valence-electron chi connectivity index (χ1n) is 6.11. The first-order chi connectivity index (χ1) is 6.83. The Morgan fingerprint density at radius 2 is 1.71 bits per heavy atom. The summed E-state index contributed by atoms with van der Waals surface area (Å²) < 4.78 is 11.5. The molecule has 1 heterocycles. The zero-order valence-electron chi connectivity index (χ0n) is 9.68. The molecule has 2 heteroatoms. The summed E-state index contributed by atoms with van der Waals surface area (Å²) in [4.78, 5) is 0. The molecule has 84 valence electrons. The van der Waals surface area contributed by atoms with Crippen LogP contribution in [0, 0.1) is 0 Å². The third kappa shape index (κ3) is 3.58. The van der Waals surface area contributed by atoms with Crippen LogP contribution in [0.2, 0.25) is 0 Å². The standard InChI is InChI=1S/C12H24O2/c1-3-5-6-7-9-12(4-2)13-10-8-11-14-12/h3-11H2,1-2H3. The van der Waals surface area contributed by atoms with Crippen LogP contribution < -0.4 is 0 Å². The van der Waals surface area contributed by atoms with E-state index in [0.29, 0.717) is 0 Å². The van der Waals surface area contributed by atoms with Crippen molar-refractivity contribution in [2.24, 2.45) is 0 Å². The van der Waals surface area contributed by atoms with Gasteiger partial charge in [0.1, 0.15) is 0 Å². The zero-order valence-corrected chi connectivity index (χ0v) is 9.68. The van der Waals surface area contributed by atoms with Crippen molar-refractivity contribution in [1.82, 2.24) is 0 Å². The van der Waals surface area contributed by atoms with E-state index in [1.807, 2.05) is 0 Å². The van der Waals surface area contributed by atoms with E-state index in [0.717, 1.165) is 32.5 Å². The molecule has 0 N–H and O–H groups in total. The molecule has 1 rings (SSSR count). The fourth-order valence-electron chi connectivity index (χ4n) is 1.96. The minimum atomic E-state index is -0.230. The van der Waals surface area contributed by atoms with E-state index in [4.69, 9.17) is 9.47 Å². The fourth-order valence-corrected chi connectivity index (χ4v) is 1.96. The summed E-state index contributed by atoms with van der Waals surface area (Å²) in [5, 5.41) is 0. The van der Waals surface area contributed by atoms with Crippen molar-refractivity contribution in [3.8, 4) is 0 Å². The maximum Gasteiger partial charge on any atom is 0.168 e. The summed E-state index contributed by atoms with van der Waals surface area (Å²) in [6.45, 7) is 6.15. The Kier molecular flexibility index (Phi) is 5.49. The highest BCUT2D eigenvalue weighted by molar-refractivity contribution is 4.71. The van der Waals surface area contributed by atoms with Crippen LogP contribution in [0.5, 0.6) is 0 Å². The molecule has 0 aromatic carbocycles. The third-order valence-electron chi connectivity index (χ3n) is 2.97. The van der Waals surface area contributed by atoms with Gasteiger partial charge in [0.25, 0.3) is 0 Å². The molecule has 0 atom stereocenters. The molecule has 0 saturated carbocycles. The van der Waals surface area contributed by atoms with Gasteiger partial charge in [0.15, 0.2) is 5.79 Å². The van der Waals surface area contributed by atoms with E-state index >= 15 is 0 Å². The van der Waals surface area contributed by atoms with E-state index < -0.39 is 0 Å². The van der Waals surface area contributed by atoms with Crippen LogP contribution >= 0.6 is 0 Å². The molecule has 1 aliphatic rings. The van der Waals surface area contributed by atoms with Gasteiger partial charge in [-0.15, -0.1) is 0 Å². The Balaban J connectivity index is 2.22. The zero-order chi connectivity index (χ0) is 10.3. The summed E-state index contributed by atoms with van der Waals surface area (Å²) in [5.41, 5.74) is 0. The minimum absolute atomic E-state index is 0.230. The number of hydrogen-bond acceptors (Lipinski definition) is 2. The predicted molar refractivity (Wildman–Crippen MR) is 58.3 cm³/mol. The molecule has 0 radical (unpaired) electrons. The maximum absolute atomic E-state index is 5.77. The van der Waals surface area contributed by atoms with E-state index in [9.17, 15) is 0 Å². The molecule has 2 nitrogen and oxygen atoms in total. The van der Waals surface area contributed by atoms with E-state index in [2.05, 4.69) is 13.8 Å². The van der Waals surface area contributed by atoms with E-state index in [1.165, 1.54) is 25.7 Å². The van der Waals surface area contributed by atoms with Gasteiger partial charge in [-0.1, -0.05) is 33.1 Å². The van der Waals surface area contributed by atoms with Crippen LogP contribution in [-0.2, 0) is 9.47 Å². The summed E-state index contributed by atoms with van der Waals surface area (Å²) >= 11 is 0. The highest BCUT2D eigenvalue weighted by Crippen LogP contribution is 2.28. The van der Waals surface area contributed by atoms with Gasteiger partial charge in [-0.3, -0.25) is 0 Å². The van der Waals surface area contributed by atoms with Gasteiger partial charge in [-0.2, -0.15) is 0 Å². The quantitative estimate of drug-likeness (QED) is 0.611. The second kappa shape index (κ2) is 6.41. The first-order valence-corrected chi connectivity index (χ1v) is 6.11. The number of hydrogen-bond donors (Lipinski definition) is 0. The summed E-state index contributed by atoms with van der Waals surface area (Å²) in [6, 6.07) is 0. The van der Waals surface area contributed by atoms with Gasteiger partial charge in [-0.05, 0) is 19.3 Å². The lowest BCUT2D eigenvalue weighted by atomic mass is 10.0. The van der Waals surface area contributed by atoms with Crippen molar-refractivity contribution in [2.75, 3.05) is 13.2 Å². The maximum atomic E-state index is 5.77. The highest BCUT2D eigenvalue weighted by atomic mass is 16.7. The Labute approximate surface area is 88.0 Å². The molecule has 0 aromatic heterocycles. The Morgan fingerprint density at radius 1 is 1.00 bits per heavy atom. The largest absolute Gasteiger partial charge is 0.350 e. The molecule has 0 unspecified atom stereocenters. The van der Waals surface area contributed by atoms with E-state index in [1.54, 1.807) is 0 Å².